The Morgan fingerprint density at radius 3 is 2.81 bits per heavy atom. The zero-order valence-corrected chi connectivity index (χ0v) is 9.09. The van der Waals surface area contributed by atoms with Gasteiger partial charge in [0.25, 0.3) is 0 Å². The van der Waals surface area contributed by atoms with E-state index in [1.54, 1.807) is 13.2 Å². The molecule has 3 heteroatoms. The van der Waals surface area contributed by atoms with Gasteiger partial charge in [0.05, 0.1) is 18.0 Å². The summed E-state index contributed by atoms with van der Waals surface area (Å²) in [5.74, 6) is 0. The molecule has 0 saturated carbocycles. The number of ether oxygens (including phenoxy) is 1. The molecular weight excluding hydrogens is 202 g/mol. The molecule has 2 rings (SSSR count). The van der Waals surface area contributed by atoms with Crippen molar-refractivity contribution in [1.82, 2.24) is 4.57 Å². The average Bonchev–Trinajstić information content (AvgIpc) is 2.78. The summed E-state index contributed by atoms with van der Waals surface area (Å²) in [6, 6.07) is 11.5. The molecule has 1 aromatic carbocycles. The molecule has 0 aliphatic heterocycles. The first kappa shape index (κ1) is 10.6. The molecule has 0 N–H and O–H groups in total. The van der Waals surface area contributed by atoms with Crippen LogP contribution >= 0.6 is 0 Å². The van der Waals surface area contributed by atoms with Crippen LogP contribution in [-0.2, 0) is 11.3 Å². The average molecular weight is 215 g/mol. The molecule has 0 radical (unpaired) electrons. The summed E-state index contributed by atoms with van der Waals surface area (Å²) in [5.41, 5.74) is 2.68. The van der Waals surface area contributed by atoms with Crippen LogP contribution in [0.2, 0.25) is 0 Å². The number of carbonyl (C=O) groups is 1. The van der Waals surface area contributed by atoms with Gasteiger partial charge in [0.1, 0.15) is 0 Å². The molecule has 3 nitrogen and oxygen atoms in total. The number of carbonyl (C=O) groups excluding carboxylic acids is 1. The molecule has 0 aliphatic carbocycles. The van der Waals surface area contributed by atoms with Crippen molar-refractivity contribution >= 4 is 6.29 Å². The van der Waals surface area contributed by atoms with Gasteiger partial charge in [0, 0.05) is 18.9 Å². The molecule has 0 amide bonds. The molecule has 82 valence electrons. The highest BCUT2D eigenvalue weighted by atomic mass is 16.5. The van der Waals surface area contributed by atoms with Crippen LogP contribution in [0.15, 0.2) is 42.6 Å². The Hall–Kier alpha value is -1.87. The van der Waals surface area contributed by atoms with Crippen molar-refractivity contribution in [3.63, 3.8) is 0 Å². The summed E-state index contributed by atoms with van der Waals surface area (Å²) in [7, 11) is 1.66. The first-order valence-corrected chi connectivity index (χ1v) is 5.06. The Morgan fingerprint density at radius 1 is 1.25 bits per heavy atom. The predicted octanol–water partition coefficient (Wildman–Crippen LogP) is 2.44. The summed E-state index contributed by atoms with van der Waals surface area (Å²) in [6.45, 7) is 0.534. The zero-order chi connectivity index (χ0) is 11.4. The molecular formula is C13H13NO2. The van der Waals surface area contributed by atoms with Crippen LogP contribution in [-0.4, -0.2) is 18.0 Å². The lowest BCUT2D eigenvalue weighted by Gasteiger charge is -2.11. The number of benzene rings is 1. The van der Waals surface area contributed by atoms with Gasteiger partial charge in [-0.05, 0) is 18.2 Å². The third kappa shape index (κ3) is 1.90. The molecule has 0 atom stereocenters. The quantitative estimate of drug-likeness (QED) is 0.733. The van der Waals surface area contributed by atoms with Crippen LogP contribution in [0.5, 0.6) is 0 Å². The summed E-state index contributed by atoms with van der Waals surface area (Å²) < 4.78 is 7.00. The van der Waals surface area contributed by atoms with Crippen LogP contribution in [0.3, 0.4) is 0 Å². The molecule has 16 heavy (non-hydrogen) atoms. The number of nitrogens with zero attached hydrogens (tertiary/aromatic N) is 1. The van der Waals surface area contributed by atoms with Crippen LogP contribution in [0.4, 0.5) is 0 Å². The third-order valence-electron chi connectivity index (χ3n) is 2.45. The van der Waals surface area contributed by atoms with E-state index >= 15 is 0 Å². The summed E-state index contributed by atoms with van der Waals surface area (Å²) >= 11 is 0. The van der Waals surface area contributed by atoms with Crippen LogP contribution in [0, 0.1) is 0 Å². The lowest BCUT2D eigenvalue weighted by molar-refractivity contribution is 0.111. The zero-order valence-electron chi connectivity index (χ0n) is 9.09. The van der Waals surface area contributed by atoms with Crippen molar-refractivity contribution in [1.29, 1.82) is 0 Å². The number of methoxy groups -OCH3 is 1. The minimum absolute atomic E-state index is 0.534. The maximum Gasteiger partial charge on any atom is 0.166 e. The second-order valence-corrected chi connectivity index (χ2v) is 3.48. The van der Waals surface area contributed by atoms with Gasteiger partial charge in [-0.3, -0.25) is 4.79 Å². The first-order valence-electron chi connectivity index (χ1n) is 5.06. The lowest BCUT2D eigenvalue weighted by atomic mass is 10.2. The monoisotopic (exact) mass is 215 g/mol. The molecule has 0 fully saturated rings. The topological polar surface area (TPSA) is 31.2 Å². The number of para-hydroxylation sites is 1. The molecule has 1 aromatic heterocycles. The van der Waals surface area contributed by atoms with E-state index in [1.165, 1.54) is 0 Å². The van der Waals surface area contributed by atoms with Gasteiger partial charge >= 0.3 is 0 Å². The SMILES string of the molecule is COCc1ccccc1-n1cccc1C=O. The summed E-state index contributed by atoms with van der Waals surface area (Å²) in [4.78, 5) is 10.9. The first-order chi connectivity index (χ1) is 7.86. The fraction of sp³-hybridized carbons (Fsp3) is 0.154. The highest BCUT2D eigenvalue weighted by Crippen LogP contribution is 2.17. The van der Waals surface area contributed by atoms with Gasteiger partial charge in [-0.25, -0.2) is 0 Å². The Balaban J connectivity index is 2.50. The molecule has 0 saturated heterocycles. The maximum atomic E-state index is 10.9. The fourth-order valence-electron chi connectivity index (χ4n) is 1.73. The van der Waals surface area contributed by atoms with Gasteiger partial charge < -0.3 is 9.30 Å². The van der Waals surface area contributed by atoms with E-state index in [-0.39, 0.29) is 0 Å². The number of aldehydes is 1. The van der Waals surface area contributed by atoms with Crippen molar-refractivity contribution in [2.45, 2.75) is 6.61 Å². The van der Waals surface area contributed by atoms with Gasteiger partial charge in [0.2, 0.25) is 0 Å². The minimum Gasteiger partial charge on any atom is -0.380 e. The van der Waals surface area contributed by atoms with Gasteiger partial charge in [-0.15, -0.1) is 0 Å². The van der Waals surface area contributed by atoms with Gasteiger partial charge in [0.15, 0.2) is 6.29 Å². The fourth-order valence-corrected chi connectivity index (χ4v) is 1.73. The van der Waals surface area contributed by atoms with Crippen LogP contribution in [0.1, 0.15) is 16.1 Å². The molecule has 0 unspecified atom stereocenters. The molecule has 0 aliphatic rings. The minimum atomic E-state index is 0.534. The van der Waals surface area contributed by atoms with Crippen molar-refractivity contribution in [3.8, 4) is 5.69 Å². The van der Waals surface area contributed by atoms with Crippen LogP contribution in [0.25, 0.3) is 5.69 Å². The Kier molecular flexibility index (Phi) is 3.17. The molecule has 2 aromatic rings. The van der Waals surface area contributed by atoms with Crippen LogP contribution < -0.4 is 0 Å². The van der Waals surface area contributed by atoms with Gasteiger partial charge in [-0.1, -0.05) is 18.2 Å². The largest absolute Gasteiger partial charge is 0.380 e. The maximum absolute atomic E-state index is 10.9. The predicted molar refractivity (Wildman–Crippen MR) is 61.9 cm³/mol. The summed E-state index contributed by atoms with van der Waals surface area (Å²) in [6.07, 6.45) is 2.72. The van der Waals surface area contributed by atoms with E-state index in [0.717, 1.165) is 17.5 Å². The van der Waals surface area contributed by atoms with E-state index in [2.05, 4.69) is 0 Å². The highest BCUT2D eigenvalue weighted by molar-refractivity contribution is 5.74. The Labute approximate surface area is 94.3 Å². The third-order valence-corrected chi connectivity index (χ3v) is 2.45. The molecule has 0 bridgehead atoms. The normalized spacial score (nSPS) is 10.3. The Morgan fingerprint density at radius 2 is 2.06 bits per heavy atom. The molecule has 1 heterocycles. The highest BCUT2D eigenvalue weighted by Gasteiger charge is 2.06. The van der Waals surface area contributed by atoms with E-state index in [9.17, 15) is 4.79 Å². The number of aromatic nitrogens is 1. The van der Waals surface area contributed by atoms with Crippen molar-refractivity contribution in [2.75, 3.05) is 7.11 Å². The van der Waals surface area contributed by atoms with E-state index in [0.29, 0.717) is 12.3 Å². The smallest absolute Gasteiger partial charge is 0.166 e. The number of hydrogen-bond donors (Lipinski definition) is 0. The lowest BCUT2D eigenvalue weighted by Crippen LogP contribution is -2.02. The summed E-state index contributed by atoms with van der Waals surface area (Å²) in [5, 5.41) is 0. The molecule has 0 spiro atoms. The number of hydrogen-bond acceptors (Lipinski definition) is 2. The van der Waals surface area contributed by atoms with E-state index < -0.39 is 0 Å². The Bertz CT molecular complexity index is 488. The van der Waals surface area contributed by atoms with Crippen molar-refractivity contribution in [3.05, 3.63) is 53.9 Å². The van der Waals surface area contributed by atoms with Gasteiger partial charge in [-0.2, -0.15) is 0 Å². The van der Waals surface area contributed by atoms with Crippen molar-refractivity contribution < 1.29 is 9.53 Å². The van der Waals surface area contributed by atoms with E-state index in [1.807, 2.05) is 41.1 Å². The standard InChI is InChI=1S/C13H13NO2/c1-16-10-11-5-2-3-7-13(11)14-8-4-6-12(14)9-15/h2-9H,10H2,1H3. The second kappa shape index (κ2) is 4.77. The van der Waals surface area contributed by atoms with Crippen molar-refractivity contribution in [2.24, 2.45) is 0 Å². The number of rotatable bonds is 4. The van der Waals surface area contributed by atoms with E-state index in [4.69, 9.17) is 4.74 Å². The second-order valence-electron chi connectivity index (χ2n) is 3.48.